The first kappa shape index (κ1) is 17.3. The van der Waals surface area contributed by atoms with Gasteiger partial charge < -0.3 is 20.6 Å². The van der Waals surface area contributed by atoms with Crippen LogP contribution in [-0.2, 0) is 6.42 Å². The number of phenols is 2. The molecule has 23 heavy (non-hydrogen) atoms. The zero-order valence-corrected chi connectivity index (χ0v) is 13.7. The second-order valence-electron chi connectivity index (χ2n) is 6.01. The lowest BCUT2D eigenvalue weighted by molar-refractivity contribution is 0.136. The number of aliphatic hydroxyl groups excluding tert-OH is 1. The predicted octanol–water partition coefficient (Wildman–Crippen LogP) is 3.05. The zero-order valence-electron chi connectivity index (χ0n) is 13.7. The molecule has 2 unspecified atom stereocenters. The van der Waals surface area contributed by atoms with Crippen LogP contribution in [0, 0.1) is 6.92 Å². The van der Waals surface area contributed by atoms with Gasteiger partial charge in [0, 0.05) is 6.04 Å². The van der Waals surface area contributed by atoms with Crippen LogP contribution in [0.15, 0.2) is 42.5 Å². The van der Waals surface area contributed by atoms with E-state index in [0.29, 0.717) is 5.75 Å². The molecule has 0 aliphatic rings. The van der Waals surface area contributed by atoms with Crippen molar-refractivity contribution in [1.29, 1.82) is 0 Å². The average molecular weight is 315 g/mol. The molecule has 0 amide bonds. The Morgan fingerprint density at radius 2 is 1.87 bits per heavy atom. The Bertz CT molecular complexity index is 642. The van der Waals surface area contributed by atoms with Crippen molar-refractivity contribution in [2.24, 2.45) is 0 Å². The van der Waals surface area contributed by atoms with E-state index < -0.39 is 6.10 Å². The monoisotopic (exact) mass is 315 g/mol. The summed E-state index contributed by atoms with van der Waals surface area (Å²) in [6.45, 7) is 4.55. The number of aliphatic hydroxyl groups is 1. The zero-order chi connectivity index (χ0) is 16.8. The van der Waals surface area contributed by atoms with Crippen LogP contribution in [0.3, 0.4) is 0 Å². The van der Waals surface area contributed by atoms with Gasteiger partial charge in [0.05, 0.1) is 6.10 Å². The summed E-state index contributed by atoms with van der Waals surface area (Å²) in [6.07, 6.45) is 1.19. The summed E-state index contributed by atoms with van der Waals surface area (Å²) in [7, 11) is 0. The smallest absolute Gasteiger partial charge is 0.118 e. The van der Waals surface area contributed by atoms with E-state index in [-0.39, 0.29) is 11.8 Å². The number of nitrogens with one attached hydrogen (secondary N) is 1. The summed E-state index contributed by atoms with van der Waals surface area (Å²) >= 11 is 0. The van der Waals surface area contributed by atoms with E-state index in [4.69, 9.17) is 0 Å². The molecule has 2 atom stereocenters. The molecule has 4 nitrogen and oxygen atoms in total. The molecule has 0 heterocycles. The molecule has 0 fully saturated rings. The molecule has 0 saturated heterocycles. The molecule has 4 heteroatoms. The molecule has 0 radical (unpaired) electrons. The van der Waals surface area contributed by atoms with Crippen LogP contribution >= 0.6 is 0 Å². The van der Waals surface area contributed by atoms with Crippen molar-refractivity contribution in [2.75, 3.05) is 6.54 Å². The first-order chi connectivity index (χ1) is 11.0. The van der Waals surface area contributed by atoms with Crippen molar-refractivity contribution in [2.45, 2.75) is 38.8 Å². The highest BCUT2D eigenvalue weighted by Gasteiger charge is 2.16. The number of benzene rings is 2. The summed E-state index contributed by atoms with van der Waals surface area (Å²) in [5, 5.41) is 32.7. The van der Waals surface area contributed by atoms with Crippen LogP contribution in [0.25, 0.3) is 0 Å². The van der Waals surface area contributed by atoms with Gasteiger partial charge in [-0.1, -0.05) is 18.2 Å². The van der Waals surface area contributed by atoms with E-state index in [2.05, 4.69) is 5.32 Å². The minimum Gasteiger partial charge on any atom is -0.508 e. The van der Waals surface area contributed by atoms with Gasteiger partial charge in [-0.05, 0) is 74.2 Å². The Morgan fingerprint density at radius 3 is 2.57 bits per heavy atom. The number of aryl methyl sites for hydroxylation is 2. The highest BCUT2D eigenvalue weighted by molar-refractivity contribution is 5.36. The fourth-order valence-electron chi connectivity index (χ4n) is 2.60. The second kappa shape index (κ2) is 7.99. The second-order valence-corrected chi connectivity index (χ2v) is 6.01. The van der Waals surface area contributed by atoms with E-state index in [9.17, 15) is 15.3 Å². The van der Waals surface area contributed by atoms with E-state index in [1.807, 2.05) is 32.0 Å². The summed E-state index contributed by atoms with van der Waals surface area (Å²) in [4.78, 5) is 0. The molecule has 2 aromatic carbocycles. The Labute approximate surface area is 137 Å². The average Bonchev–Trinajstić information content (AvgIpc) is 2.53. The van der Waals surface area contributed by atoms with Crippen LogP contribution in [0.2, 0.25) is 0 Å². The maximum absolute atomic E-state index is 10.4. The largest absolute Gasteiger partial charge is 0.508 e. The van der Waals surface area contributed by atoms with Crippen LogP contribution in [0.5, 0.6) is 11.5 Å². The van der Waals surface area contributed by atoms with Crippen molar-refractivity contribution in [3.05, 3.63) is 59.2 Å². The molecule has 0 saturated carbocycles. The minimum absolute atomic E-state index is 0.0804. The van der Waals surface area contributed by atoms with Crippen molar-refractivity contribution >= 4 is 0 Å². The summed E-state index contributed by atoms with van der Waals surface area (Å²) in [5.74, 6) is 0.537. The number of hydrogen-bond acceptors (Lipinski definition) is 4. The van der Waals surface area contributed by atoms with Crippen LogP contribution in [-0.4, -0.2) is 27.9 Å². The van der Waals surface area contributed by atoms with Gasteiger partial charge in [0.25, 0.3) is 0 Å². The third-order valence-electron chi connectivity index (χ3n) is 4.06. The van der Waals surface area contributed by atoms with Gasteiger partial charge in [-0.15, -0.1) is 0 Å². The van der Waals surface area contributed by atoms with E-state index in [1.54, 1.807) is 24.3 Å². The molecule has 2 rings (SSSR count). The predicted molar refractivity (Wildman–Crippen MR) is 91.7 cm³/mol. The molecule has 0 aromatic heterocycles. The molecule has 0 spiro atoms. The van der Waals surface area contributed by atoms with Crippen molar-refractivity contribution in [3.8, 4) is 11.5 Å². The highest BCUT2D eigenvalue weighted by atomic mass is 16.3. The van der Waals surface area contributed by atoms with Crippen molar-refractivity contribution in [1.82, 2.24) is 5.32 Å². The van der Waals surface area contributed by atoms with Crippen molar-refractivity contribution < 1.29 is 15.3 Å². The highest BCUT2D eigenvalue weighted by Crippen LogP contribution is 2.23. The lowest BCUT2D eigenvalue weighted by atomic mass is 10.0. The van der Waals surface area contributed by atoms with Crippen molar-refractivity contribution in [3.63, 3.8) is 0 Å². The van der Waals surface area contributed by atoms with E-state index in [1.165, 1.54) is 0 Å². The Hall–Kier alpha value is -2.04. The number of aromatic hydroxyl groups is 2. The molecule has 2 aromatic rings. The summed E-state index contributed by atoms with van der Waals surface area (Å²) in [5.41, 5.74) is 2.67. The minimum atomic E-state index is -0.616. The lowest BCUT2D eigenvalue weighted by Crippen LogP contribution is -2.33. The summed E-state index contributed by atoms with van der Waals surface area (Å²) < 4.78 is 0. The fraction of sp³-hybridized carbons (Fsp3) is 0.368. The summed E-state index contributed by atoms with van der Waals surface area (Å²) in [6, 6.07) is 12.4. The number of rotatable bonds is 7. The molecule has 4 N–H and O–H groups in total. The van der Waals surface area contributed by atoms with Gasteiger partial charge in [-0.25, -0.2) is 0 Å². The quantitative estimate of drug-likeness (QED) is 0.593. The van der Waals surface area contributed by atoms with E-state index in [0.717, 1.165) is 36.1 Å². The Kier molecular flexibility index (Phi) is 6.02. The molecule has 0 aliphatic heterocycles. The first-order valence-electron chi connectivity index (χ1n) is 7.96. The van der Waals surface area contributed by atoms with E-state index >= 15 is 0 Å². The molecular formula is C19H25NO3. The molecular weight excluding hydrogens is 290 g/mol. The Balaban J connectivity index is 1.79. The molecule has 124 valence electrons. The van der Waals surface area contributed by atoms with Crippen LogP contribution < -0.4 is 5.32 Å². The third-order valence-corrected chi connectivity index (χ3v) is 4.06. The van der Waals surface area contributed by atoms with Gasteiger partial charge >= 0.3 is 0 Å². The molecule has 0 aliphatic carbocycles. The normalized spacial score (nSPS) is 13.7. The standard InChI is InChI=1S/C19H25NO3/c1-13-11-16(8-9-18(13)22)19(23)14(2)20-10-4-6-15-5-3-7-17(21)12-15/h3,5,7-9,11-12,14,19-23H,4,6,10H2,1-2H3. The molecule has 0 bridgehead atoms. The lowest BCUT2D eigenvalue weighted by Gasteiger charge is -2.21. The number of phenolic OH excluding ortho intramolecular Hbond substituents is 2. The van der Waals surface area contributed by atoms with Crippen LogP contribution in [0.1, 0.15) is 36.1 Å². The maximum Gasteiger partial charge on any atom is 0.118 e. The van der Waals surface area contributed by atoms with Gasteiger partial charge in [0.2, 0.25) is 0 Å². The fourth-order valence-corrected chi connectivity index (χ4v) is 2.60. The topological polar surface area (TPSA) is 72.7 Å². The Morgan fingerprint density at radius 1 is 1.09 bits per heavy atom. The van der Waals surface area contributed by atoms with Gasteiger partial charge in [0.1, 0.15) is 11.5 Å². The SMILES string of the molecule is Cc1cc(C(O)C(C)NCCCc2cccc(O)c2)ccc1O. The van der Waals surface area contributed by atoms with Gasteiger partial charge in [-0.2, -0.15) is 0 Å². The third kappa shape index (κ3) is 4.98. The van der Waals surface area contributed by atoms with Gasteiger partial charge in [0.15, 0.2) is 0 Å². The maximum atomic E-state index is 10.4. The first-order valence-corrected chi connectivity index (χ1v) is 7.96. The number of hydrogen-bond donors (Lipinski definition) is 4. The van der Waals surface area contributed by atoms with Gasteiger partial charge in [-0.3, -0.25) is 0 Å². The van der Waals surface area contributed by atoms with Crippen LogP contribution in [0.4, 0.5) is 0 Å².